The number of anilines is 1. The van der Waals surface area contributed by atoms with Crippen molar-refractivity contribution in [2.75, 3.05) is 12.4 Å². The number of rotatable bonds is 4. The first-order valence-electron chi connectivity index (χ1n) is 8.00. The molecule has 0 bridgehead atoms. The maximum Gasteiger partial charge on any atom is 0.255 e. The van der Waals surface area contributed by atoms with Crippen LogP contribution in [0.25, 0.3) is 20.9 Å². The van der Waals surface area contributed by atoms with Crippen molar-refractivity contribution in [3.63, 3.8) is 0 Å². The molecule has 0 fully saturated rings. The van der Waals surface area contributed by atoms with Crippen LogP contribution in [0.3, 0.4) is 0 Å². The van der Waals surface area contributed by atoms with Crippen molar-refractivity contribution < 1.29 is 9.53 Å². The van der Waals surface area contributed by atoms with E-state index >= 15 is 0 Å². The van der Waals surface area contributed by atoms with E-state index in [1.54, 1.807) is 48.9 Å². The first-order valence-corrected chi connectivity index (χ1v) is 8.82. The molecule has 2 heterocycles. The Kier molecular flexibility index (Phi) is 4.33. The minimum atomic E-state index is -0.188. The molecular weight excluding hydrogens is 346 g/mol. The number of amides is 1. The Hall–Kier alpha value is -3.25. The largest absolute Gasteiger partial charge is 0.497 e. The summed E-state index contributed by atoms with van der Waals surface area (Å²) in [6.45, 7) is 0. The molecule has 0 spiro atoms. The monoisotopic (exact) mass is 361 g/mol. The number of hydrogen-bond acceptors (Lipinski definition) is 5. The van der Waals surface area contributed by atoms with Crippen molar-refractivity contribution in [1.82, 2.24) is 9.97 Å². The molecule has 2 aromatic carbocycles. The second kappa shape index (κ2) is 6.93. The van der Waals surface area contributed by atoms with E-state index in [2.05, 4.69) is 15.3 Å². The molecule has 0 saturated carbocycles. The number of benzene rings is 2. The Labute approximate surface area is 154 Å². The van der Waals surface area contributed by atoms with E-state index in [9.17, 15) is 4.79 Å². The molecule has 0 aliphatic heterocycles. The summed E-state index contributed by atoms with van der Waals surface area (Å²) in [7, 11) is 1.58. The molecule has 1 N–H and O–H groups in total. The van der Waals surface area contributed by atoms with Gasteiger partial charge in [0.1, 0.15) is 10.8 Å². The second-order valence-electron chi connectivity index (χ2n) is 5.61. The van der Waals surface area contributed by atoms with E-state index in [0.717, 1.165) is 20.9 Å². The predicted molar refractivity (Wildman–Crippen MR) is 104 cm³/mol. The van der Waals surface area contributed by atoms with E-state index in [4.69, 9.17) is 4.74 Å². The van der Waals surface area contributed by atoms with Gasteiger partial charge in [0.25, 0.3) is 5.91 Å². The number of methoxy groups -OCH3 is 1. The van der Waals surface area contributed by atoms with Crippen molar-refractivity contribution >= 4 is 33.3 Å². The topological polar surface area (TPSA) is 64.1 Å². The summed E-state index contributed by atoms with van der Waals surface area (Å²) in [5, 5.41) is 3.79. The molecule has 4 aromatic rings. The molecule has 0 radical (unpaired) electrons. The van der Waals surface area contributed by atoms with Crippen molar-refractivity contribution in [2.24, 2.45) is 0 Å². The number of pyridine rings is 1. The fourth-order valence-electron chi connectivity index (χ4n) is 2.59. The normalized spacial score (nSPS) is 10.7. The zero-order chi connectivity index (χ0) is 17.9. The SMILES string of the molecule is COc1cccc(C(=O)Nc2cccc(-c3nc4ncccc4s3)c2)c1. The number of thiazole rings is 1. The average Bonchev–Trinajstić information content (AvgIpc) is 3.12. The molecule has 0 atom stereocenters. The van der Waals surface area contributed by atoms with E-state index in [0.29, 0.717) is 17.0 Å². The van der Waals surface area contributed by atoms with Crippen LogP contribution < -0.4 is 10.1 Å². The van der Waals surface area contributed by atoms with Crippen molar-refractivity contribution in [3.05, 3.63) is 72.4 Å². The molecule has 4 rings (SSSR count). The summed E-state index contributed by atoms with van der Waals surface area (Å²) in [6.07, 6.45) is 1.73. The smallest absolute Gasteiger partial charge is 0.255 e. The molecule has 0 aliphatic rings. The Bertz CT molecular complexity index is 1060. The maximum atomic E-state index is 12.5. The molecule has 6 heteroatoms. The van der Waals surface area contributed by atoms with Crippen LogP contribution in [-0.2, 0) is 0 Å². The van der Waals surface area contributed by atoms with Gasteiger partial charge in [0, 0.05) is 23.0 Å². The number of carbonyl (C=O) groups is 1. The van der Waals surface area contributed by atoms with Gasteiger partial charge in [-0.15, -0.1) is 11.3 Å². The molecule has 0 unspecified atom stereocenters. The predicted octanol–water partition coefficient (Wildman–Crippen LogP) is 4.62. The van der Waals surface area contributed by atoms with Gasteiger partial charge in [-0.05, 0) is 42.5 Å². The lowest BCUT2D eigenvalue weighted by molar-refractivity contribution is 0.102. The number of nitrogens with zero attached hydrogens (tertiary/aromatic N) is 2. The van der Waals surface area contributed by atoms with Crippen molar-refractivity contribution in [2.45, 2.75) is 0 Å². The van der Waals surface area contributed by atoms with Gasteiger partial charge in [-0.25, -0.2) is 9.97 Å². The molecule has 26 heavy (non-hydrogen) atoms. The highest BCUT2D eigenvalue weighted by Crippen LogP contribution is 2.30. The third-order valence-corrected chi connectivity index (χ3v) is 4.92. The van der Waals surface area contributed by atoms with Gasteiger partial charge >= 0.3 is 0 Å². The summed E-state index contributed by atoms with van der Waals surface area (Å²) in [5.41, 5.74) is 2.93. The number of ether oxygens (including phenoxy) is 1. The fourth-order valence-corrected chi connectivity index (χ4v) is 3.51. The highest BCUT2D eigenvalue weighted by molar-refractivity contribution is 7.21. The van der Waals surface area contributed by atoms with Crippen LogP contribution >= 0.6 is 11.3 Å². The number of nitrogens with one attached hydrogen (secondary N) is 1. The van der Waals surface area contributed by atoms with Gasteiger partial charge < -0.3 is 10.1 Å². The van der Waals surface area contributed by atoms with Gasteiger partial charge in [-0.1, -0.05) is 18.2 Å². The first-order chi connectivity index (χ1) is 12.7. The van der Waals surface area contributed by atoms with Gasteiger partial charge in [0.2, 0.25) is 0 Å². The fraction of sp³-hybridized carbons (Fsp3) is 0.0500. The third kappa shape index (κ3) is 3.27. The summed E-state index contributed by atoms with van der Waals surface area (Å²) >= 11 is 1.58. The lowest BCUT2D eigenvalue weighted by Crippen LogP contribution is -2.11. The Morgan fingerprint density at radius 3 is 2.81 bits per heavy atom. The molecule has 5 nitrogen and oxygen atoms in total. The van der Waals surface area contributed by atoms with E-state index in [-0.39, 0.29) is 5.91 Å². The highest BCUT2D eigenvalue weighted by atomic mass is 32.1. The molecule has 2 aromatic heterocycles. The zero-order valence-electron chi connectivity index (χ0n) is 14.0. The Balaban J connectivity index is 1.60. The number of aromatic nitrogens is 2. The zero-order valence-corrected chi connectivity index (χ0v) is 14.8. The summed E-state index contributed by atoms with van der Waals surface area (Å²) in [5.74, 6) is 0.459. The number of fused-ring (bicyclic) bond motifs is 1. The Morgan fingerprint density at radius 1 is 1.08 bits per heavy atom. The summed E-state index contributed by atoms with van der Waals surface area (Å²) in [6, 6.07) is 18.6. The first kappa shape index (κ1) is 16.2. The van der Waals surface area contributed by atoms with Crippen LogP contribution in [0.4, 0.5) is 5.69 Å². The molecule has 0 aliphatic carbocycles. The summed E-state index contributed by atoms with van der Waals surface area (Å²) < 4.78 is 6.20. The molecule has 0 saturated heterocycles. The van der Waals surface area contributed by atoms with Crippen molar-refractivity contribution in [3.8, 4) is 16.3 Å². The van der Waals surface area contributed by atoms with Crippen LogP contribution in [0.15, 0.2) is 66.9 Å². The standard InChI is InChI=1S/C20H15N3O2S/c1-25-16-8-3-5-13(12-16)19(24)22-15-7-2-6-14(11-15)20-23-18-17(26-20)9-4-10-21-18/h2-12H,1H3,(H,22,24). The van der Waals surface area contributed by atoms with E-state index in [1.165, 1.54) is 0 Å². The van der Waals surface area contributed by atoms with Crippen LogP contribution in [0.2, 0.25) is 0 Å². The lowest BCUT2D eigenvalue weighted by atomic mass is 10.1. The average molecular weight is 361 g/mol. The minimum Gasteiger partial charge on any atom is -0.497 e. The van der Waals surface area contributed by atoms with Gasteiger partial charge in [0.05, 0.1) is 11.8 Å². The highest BCUT2D eigenvalue weighted by Gasteiger charge is 2.10. The van der Waals surface area contributed by atoms with E-state index in [1.807, 2.05) is 36.4 Å². The van der Waals surface area contributed by atoms with Crippen LogP contribution in [0.1, 0.15) is 10.4 Å². The minimum absolute atomic E-state index is 0.188. The number of carbonyl (C=O) groups excluding carboxylic acids is 1. The third-order valence-electron chi connectivity index (χ3n) is 3.86. The van der Waals surface area contributed by atoms with Crippen molar-refractivity contribution in [1.29, 1.82) is 0 Å². The quantitative estimate of drug-likeness (QED) is 0.576. The second-order valence-corrected chi connectivity index (χ2v) is 6.64. The van der Waals surface area contributed by atoms with Gasteiger partial charge in [-0.3, -0.25) is 4.79 Å². The van der Waals surface area contributed by atoms with Crippen LogP contribution in [0, 0.1) is 0 Å². The summed E-state index contributed by atoms with van der Waals surface area (Å²) in [4.78, 5) is 21.3. The van der Waals surface area contributed by atoms with E-state index < -0.39 is 0 Å². The Morgan fingerprint density at radius 2 is 1.96 bits per heavy atom. The molecule has 128 valence electrons. The molecular formula is C20H15N3O2S. The number of hydrogen-bond donors (Lipinski definition) is 1. The van der Waals surface area contributed by atoms with Gasteiger partial charge in [-0.2, -0.15) is 0 Å². The van der Waals surface area contributed by atoms with Crippen LogP contribution in [-0.4, -0.2) is 23.0 Å². The molecule has 1 amide bonds. The van der Waals surface area contributed by atoms with Crippen LogP contribution in [0.5, 0.6) is 5.75 Å². The maximum absolute atomic E-state index is 12.5. The lowest BCUT2D eigenvalue weighted by Gasteiger charge is -2.07. The van der Waals surface area contributed by atoms with Gasteiger partial charge in [0.15, 0.2) is 5.65 Å².